The predicted molar refractivity (Wildman–Crippen MR) is 48.7 cm³/mol. The molecule has 1 heteroatoms. The van der Waals surface area contributed by atoms with Gasteiger partial charge >= 0.3 is 58.2 Å². The van der Waals surface area contributed by atoms with Gasteiger partial charge in [-0.3, -0.25) is 0 Å². The average Bonchev–Trinajstić information content (AvgIpc) is 1.86. The fraction of sp³-hybridized carbons (Fsp3) is 0.455. The number of rotatable bonds is 0. The van der Waals surface area contributed by atoms with E-state index < -0.39 is 0 Å². The van der Waals surface area contributed by atoms with Crippen LogP contribution in [-0.2, 0) is 5.41 Å². The van der Waals surface area contributed by atoms with Crippen molar-refractivity contribution in [2.24, 2.45) is 0 Å². The number of hydrogen-bond acceptors (Lipinski definition) is 0. The van der Waals surface area contributed by atoms with Crippen LogP contribution in [0.1, 0.15) is 31.9 Å². The van der Waals surface area contributed by atoms with E-state index in [0.29, 0.717) is 0 Å². The molecule has 0 saturated heterocycles. The Morgan fingerprint density at radius 1 is 1.25 bits per heavy atom. The van der Waals surface area contributed by atoms with Crippen molar-refractivity contribution in [3.05, 3.63) is 35.4 Å². The molecule has 0 unspecified atom stereocenters. The second kappa shape index (κ2) is 5.04. The molecule has 0 bridgehead atoms. The van der Waals surface area contributed by atoms with Gasteiger partial charge < -0.3 is 0 Å². The molecule has 0 N–H and O–H groups in total. The molecular formula is C11H15Rb. The standard InChI is InChI=1S/C11H15.Rb/c1-9-7-5-6-8-10(9)11(2,3)4;/h5,7-8H,1-4H3;/q-1;+1. The van der Waals surface area contributed by atoms with Gasteiger partial charge in [-0.15, -0.1) is 5.56 Å². The van der Waals surface area contributed by atoms with Crippen LogP contribution in [0.25, 0.3) is 0 Å². The van der Waals surface area contributed by atoms with E-state index in [9.17, 15) is 0 Å². The normalized spacial score (nSPS) is 10.7. The quantitative estimate of drug-likeness (QED) is 0.557. The average molecular weight is 233 g/mol. The summed E-state index contributed by atoms with van der Waals surface area (Å²) >= 11 is 0. The molecule has 0 atom stereocenters. The first kappa shape index (κ1) is 13.0. The molecule has 0 aliphatic heterocycles. The van der Waals surface area contributed by atoms with Gasteiger partial charge in [-0.2, -0.15) is 29.8 Å². The Hall–Kier alpha value is 1.03. The summed E-state index contributed by atoms with van der Waals surface area (Å²) in [5, 5.41) is 0. The van der Waals surface area contributed by atoms with E-state index >= 15 is 0 Å². The molecule has 0 aliphatic carbocycles. The van der Waals surface area contributed by atoms with Crippen LogP contribution < -0.4 is 58.2 Å². The monoisotopic (exact) mass is 232 g/mol. The van der Waals surface area contributed by atoms with Crippen molar-refractivity contribution in [2.75, 3.05) is 0 Å². The zero-order valence-corrected chi connectivity index (χ0v) is 13.6. The minimum Gasteiger partial charge on any atom is -0.184 e. The van der Waals surface area contributed by atoms with Crippen molar-refractivity contribution in [1.82, 2.24) is 0 Å². The van der Waals surface area contributed by atoms with E-state index in [1.807, 2.05) is 6.07 Å². The van der Waals surface area contributed by atoms with Gasteiger partial charge in [0.25, 0.3) is 0 Å². The molecule has 0 aliphatic rings. The van der Waals surface area contributed by atoms with Gasteiger partial charge in [0.05, 0.1) is 0 Å². The predicted octanol–water partition coefficient (Wildman–Crippen LogP) is 0.0967. The maximum absolute atomic E-state index is 3.11. The molecule has 1 rings (SSSR count). The molecule has 1 aromatic rings. The largest absolute Gasteiger partial charge is 1.00 e. The van der Waals surface area contributed by atoms with Crippen molar-refractivity contribution >= 4 is 0 Å². The summed E-state index contributed by atoms with van der Waals surface area (Å²) in [4.78, 5) is 0. The summed E-state index contributed by atoms with van der Waals surface area (Å²) < 4.78 is 0. The van der Waals surface area contributed by atoms with Crippen LogP contribution in [0, 0.1) is 13.0 Å². The molecule has 0 nitrogen and oxygen atoms in total. The Morgan fingerprint density at radius 3 is 2.17 bits per heavy atom. The second-order valence-electron chi connectivity index (χ2n) is 3.99. The Morgan fingerprint density at radius 2 is 1.83 bits per heavy atom. The Labute approximate surface area is 125 Å². The van der Waals surface area contributed by atoms with Crippen LogP contribution in [0.3, 0.4) is 0 Å². The molecule has 0 amide bonds. The second-order valence-corrected chi connectivity index (χ2v) is 3.99. The SMILES string of the molecule is Cc1cc[c-]cc1C(C)(C)C.[Rb+]. The Bertz CT molecular complexity index is 245. The van der Waals surface area contributed by atoms with Gasteiger partial charge in [0, 0.05) is 0 Å². The van der Waals surface area contributed by atoms with Crippen molar-refractivity contribution in [2.45, 2.75) is 33.1 Å². The topological polar surface area (TPSA) is 0 Å². The van der Waals surface area contributed by atoms with E-state index in [1.54, 1.807) is 0 Å². The summed E-state index contributed by atoms with van der Waals surface area (Å²) in [6.45, 7) is 8.82. The molecular weight excluding hydrogens is 218 g/mol. The first-order valence-corrected chi connectivity index (χ1v) is 3.99. The smallest absolute Gasteiger partial charge is 0.184 e. The molecule has 0 radical (unpaired) electrons. The Balaban J connectivity index is 0.00000121. The van der Waals surface area contributed by atoms with Gasteiger partial charge in [0.2, 0.25) is 0 Å². The first-order valence-electron chi connectivity index (χ1n) is 3.99. The summed E-state index contributed by atoms with van der Waals surface area (Å²) in [7, 11) is 0. The van der Waals surface area contributed by atoms with Crippen molar-refractivity contribution in [1.29, 1.82) is 0 Å². The zero-order valence-electron chi connectivity index (χ0n) is 8.73. The van der Waals surface area contributed by atoms with Gasteiger partial charge in [-0.25, -0.2) is 0 Å². The minimum atomic E-state index is 0. The van der Waals surface area contributed by atoms with Crippen LogP contribution in [-0.4, -0.2) is 0 Å². The first-order chi connectivity index (χ1) is 5.02. The van der Waals surface area contributed by atoms with Crippen LogP contribution >= 0.6 is 0 Å². The van der Waals surface area contributed by atoms with Crippen molar-refractivity contribution < 1.29 is 58.2 Å². The summed E-state index contributed by atoms with van der Waals surface area (Å²) in [6.07, 6.45) is 0. The maximum Gasteiger partial charge on any atom is 1.00 e. The minimum absolute atomic E-state index is 0. The number of aryl methyl sites for hydroxylation is 1. The molecule has 12 heavy (non-hydrogen) atoms. The zero-order chi connectivity index (χ0) is 8.48. The van der Waals surface area contributed by atoms with Crippen molar-refractivity contribution in [3.63, 3.8) is 0 Å². The maximum atomic E-state index is 3.11. The third-order valence-electron chi connectivity index (χ3n) is 1.89. The van der Waals surface area contributed by atoms with E-state index in [-0.39, 0.29) is 63.6 Å². The van der Waals surface area contributed by atoms with E-state index in [2.05, 4.69) is 45.9 Å². The molecule has 0 heterocycles. The van der Waals surface area contributed by atoms with E-state index in [4.69, 9.17) is 0 Å². The molecule has 60 valence electrons. The van der Waals surface area contributed by atoms with Crippen LogP contribution in [0.4, 0.5) is 0 Å². The van der Waals surface area contributed by atoms with Crippen LogP contribution in [0.5, 0.6) is 0 Å². The molecule has 0 fully saturated rings. The molecule has 1 aromatic carbocycles. The van der Waals surface area contributed by atoms with Gasteiger partial charge in [-0.1, -0.05) is 33.1 Å². The van der Waals surface area contributed by atoms with E-state index in [0.717, 1.165) is 0 Å². The van der Waals surface area contributed by atoms with Crippen LogP contribution in [0.15, 0.2) is 18.2 Å². The molecule has 0 aromatic heterocycles. The summed E-state index contributed by atoms with van der Waals surface area (Å²) in [6, 6.07) is 9.26. The fourth-order valence-corrected chi connectivity index (χ4v) is 1.32. The molecule has 0 saturated carbocycles. The third-order valence-corrected chi connectivity index (χ3v) is 1.89. The number of benzene rings is 1. The van der Waals surface area contributed by atoms with E-state index in [1.165, 1.54) is 11.1 Å². The summed E-state index contributed by atoms with van der Waals surface area (Å²) in [5.74, 6) is 0. The van der Waals surface area contributed by atoms with Gasteiger partial charge in [-0.05, 0) is 0 Å². The van der Waals surface area contributed by atoms with Gasteiger partial charge in [0.1, 0.15) is 0 Å². The van der Waals surface area contributed by atoms with Gasteiger partial charge in [0.15, 0.2) is 0 Å². The molecule has 0 spiro atoms. The number of hydrogen-bond donors (Lipinski definition) is 0. The third kappa shape index (κ3) is 3.41. The fourth-order valence-electron chi connectivity index (χ4n) is 1.32. The van der Waals surface area contributed by atoms with Crippen molar-refractivity contribution in [3.8, 4) is 0 Å². The summed E-state index contributed by atoms with van der Waals surface area (Å²) in [5.41, 5.74) is 3.00. The van der Waals surface area contributed by atoms with Crippen LogP contribution in [0.2, 0.25) is 0 Å². The Kier molecular flexibility index (Phi) is 5.47.